The molecule has 0 radical (unpaired) electrons. The number of hydrogen-bond acceptors (Lipinski definition) is 4. The average Bonchev–Trinajstić information content (AvgIpc) is 3.26. The molecule has 1 aromatic heterocycles. The summed E-state index contributed by atoms with van der Waals surface area (Å²) in [6, 6.07) is 15.4. The van der Waals surface area contributed by atoms with Gasteiger partial charge in [0.05, 0.1) is 13.2 Å². The number of halogens is 1. The van der Waals surface area contributed by atoms with E-state index in [-0.39, 0.29) is 30.8 Å². The number of rotatable bonds is 11. The van der Waals surface area contributed by atoms with Gasteiger partial charge in [0.15, 0.2) is 0 Å². The van der Waals surface area contributed by atoms with Crippen molar-refractivity contribution in [1.82, 2.24) is 9.80 Å². The standard InChI is InChI=1S/C27H32FN3O3S/c1-4-22-7-5-6-8-24(22)29-27(33)30(14-15-34-3)19-26(32)31(18-25-20(2)13-16-35-25)17-21-9-11-23(28)12-10-21/h5-13,16H,4,14-15,17-19H2,1-3H3,(H,29,33). The number of nitrogens with zero attached hydrogens (tertiary/aromatic N) is 2. The van der Waals surface area contributed by atoms with Gasteiger partial charge in [-0.3, -0.25) is 4.79 Å². The van der Waals surface area contributed by atoms with Crippen molar-refractivity contribution in [2.24, 2.45) is 0 Å². The summed E-state index contributed by atoms with van der Waals surface area (Å²) in [6.07, 6.45) is 0.777. The molecule has 6 nitrogen and oxygen atoms in total. The highest BCUT2D eigenvalue weighted by molar-refractivity contribution is 7.10. The molecule has 2 aromatic carbocycles. The fraction of sp³-hybridized carbons (Fsp3) is 0.333. The fourth-order valence-corrected chi connectivity index (χ4v) is 4.56. The Hall–Kier alpha value is -3.23. The number of anilines is 1. The second kappa shape index (κ2) is 13.0. The molecule has 35 heavy (non-hydrogen) atoms. The molecule has 3 amide bonds. The molecule has 0 atom stereocenters. The van der Waals surface area contributed by atoms with Gasteiger partial charge in [0.1, 0.15) is 12.4 Å². The number of hydrogen-bond donors (Lipinski definition) is 1. The third kappa shape index (κ3) is 7.63. The van der Waals surface area contributed by atoms with Crippen LogP contribution in [-0.2, 0) is 29.0 Å². The first-order valence-corrected chi connectivity index (χ1v) is 12.5. The maximum absolute atomic E-state index is 13.5. The zero-order chi connectivity index (χ0) is 25.2. The van der Waals surface area contributed by atoms with Crippen molar-refractivity contribution in [1.29, 1.82) is 0 Å². The van der Waals surface area contributed by atoms with Crippen LogP contribution in [0.25, 0.3) is 0 Å². The third-order valence-electron chi connectivity index (χ3n) is 5.76. The van der Waals surface area contributed by atoms with Gasteiger partial charge in [0, 0.05) is 30.8 Å². The summed E-state index contributed by atoms with van der Waals surface area (Å²) < 4.78 is 18.6. The summed E-state index contributed by atoms with van der Waals surface area (Å²) in [5.41, 5.74) is 3.67. The van der Waals surface area contributed by atoms with Crippen LogP contribution in [0.3, 0.4) is 0 Å². The van der Waals surface area contributed by atoms with E-state index in [9.17, 15) is 14.0 Å². The van der Waals surface area contributed by atoms with E-state index in [1.54, 1.807) is 35.5 Å². The van der Waals surface area contributed by atoms with Gasteiger partial charge in [0.25, 0.3) is 0 Å². The highest BCUT2D eigenvalue weighted by Gasteiger charge is 2.23. The number of thiophene rings is 1. The number of nitrogens with one attached hydrogen (secondary N) is 1. The molecule has 0 aliphatic rings. The van der Waals surface area contributed by atoms with Crippen molar-refractivity contribution in [2.45, 2.75) is 33.4 Å². The van der Waals surface area contributed by atoms with Crippen molar-refractivity contribution in [3.63, 3.8) is 0 Å². The molecule has 0 saturated carbocycles. The lowest BCUT2D eigenvalue weighted by atomic mass is 10.1. The first kappa shape index (κ1) is 26.4. The van der Waals surface area contributed by atoms with Crippen LogP contribution in [0.2, 0.25) is 0 Å². The number of carbonyl (C=O) groups is 2. The van der Waals surface area contributed by atoms with Crippen LogP contribution < -0.4 is 5.32 Å². The van der Waals surface area contributed by atoms with Gasteiger partial charge in [-0.05, 0) is 59.7 Å². The molecule has 1 N–H and O–H groups in total. The highest BCUT2D eigenvalue weighted by Crippen LogP contribution is 2.20. The van der Waals surface area contributed by atoms with Crippen LogP contribution in [0.1, 0.15) is 28.5 Å². The highest BCUT2D eigenvalue weighted by atomic mass is 32.1. The van der Waals surface area contributed by atoms with E-state index in [1.807, 2.05) is 49.6 Å². The molecule has 3 rings (SSSR count). The Balaban J connectivity index is 1.79. The Bertz CT molecular complexity index is 1120. The largest absolute Gasteiger partial charge is 0.383 e. The minimum absolute atomic E-state index is 0.102. The molecule has 0 fully saturated rings. The molecule has 0 saturated heterocycles. The lowest BCUT2D eigenvalue weighted by Crippen LogP contribution is -2.45. The van der Waals surface area contributed by atoms with Crippen LogP contribution in [-0.4, -0.2) is 48.5 Å². The molecular weight excluding hydrogens is 465 g/mol. The smallest absolute Gasteiger partial charge is 0.322 e. The molecular formula is C27H32FN3O3S. The molecule has 8 heteroatoms. The van der Waals surface area contributed by atoms with Crippen LogP contribution in [0, 0.1) is 12.7 Å². The summed E-state index contributed by atoms with van der Waals surface area (Å²) in [5.74, 6) is -0.521. The first-order chi connectivity index (χ1) is 16.9. The third-order valence-corrected chi connectivity index (χ3v) is 6.77. The van der Waals surface area contributed by atoms with E-state index in [1.165, 1.54) is 17.0 Å². The summed E-state index contributed by atoms with van der Waals surface area (Å²) in [5, 5.41) is 4.94. The molecule has 0 aliphatic heterocycles. The maximum atomic E-state index is 13.5. The molecule has 0 spiro atoms. The topological polar surface area (TPSA) is 61.9 Å². The number of amides is 3. The summed E-state index contributed by atoms with van der Waals surface area (Å²) in [7, 11) is 1.56. The molecule has 0 bridgehead atoms. The van der Waals surface area contributed by atoms with Gasteiger partial charge in [0.2, 0.25) is 5.91 Å². The predicted octanol–water partition coefficient (Wildman–Crippen LogP) is 5.47. The fourth-order valence-electron chi connectivity index (χ4n) is 3.64. The zero-order valence-corrected chi connectivity index (χ0v) is 21.2. The molecule has 1 heterocycles. The predicted molar refractivity (Wildman–Crippen MR) is 138 cm³/mol. The molecule has 0 aliphatic carbocycles. The number of para-hydroxylation sites is 1. The Labute approximate surface area is 210 Å². The van der Waals surface area contributed by atoms with E-state index < -0.39 is 0 Å². The number of aryl methyl sites for hydroxylation is 2. The SMILES string of the molecule is CCc1ccccc1NC(=O)N(CCOC)CC(=O)N(Cc1ccc(F)cc1)Cc1sccc1C. The van der Waals surface area contributed by atoms with Gasteiger partial charge >= 0.3 is 6.03 Å². The zero-order valence-electron chi connectivity index (χ0n) is 20.4. The first-order valence-electron chi connectivity index (χ1n) is 11.6. The minimum Gasteiger partial charge on any atom is -0.383 e. The second-order valence-corrected chi connectivity index (χ2v) is 9.26. The van der Waals surface area contributed by atoms with E-state index in [2.05, 4.69) is 5.32 Å². The number of benzene rings is 2. The number of carbonyl (C=O) groups excluding carboxylic acids is 2. The van der Waals surface area contributed by atoms with Gasteiger partial charge in [-0.15, -0.1) is 11.3 Å². The van der Waals surface area contributed by atoms with Crippen molar-refractivity contribution < 1.29 is 18.7 Å². The van der Waals surface area contributed by atoms with E-state index in [4.69, 9.17) is 4.74 Å². The van der Waals surface area contributed by atoms with Crippen LogP contribution >= 0.6 is 11.3 Å². The summed E-state index contributed by atoms with van der Waals surface area (Å²) in [4.78, 5) is 30.9. The van der Waals surface area contributed by atoms with Crippen molar-refractivity contribution >= 4 is 29.0 Å². The van der Waals surface area contributed by atoms with Crippen molar-refractivity contribution in [3.05, 3.63) is 87.4 Å². The minimum atomic E-state index is -0.356. The average molecular weight is 498 g/mol. The van der Waals surface area contributed by atoms with Crippen molar-refractivity contribution in [3.8, 4) is 0 Å². The van der Waals surface area contributed by atoms with Crippen LogP contribution in [0.5, 0.6) is 0 Å². The van der Waals surface area contributed by atoms with Gasteiger partial charge in [-0.25, -0.2) is 9.18 Å². The Kier molecular flexibility index (Phi) is 9.81. The Morgan fingerprint density at radius 1 is 1.03 bits per heavy atom. The monoisotopic (exact) mass is 497 g/mol. The number of ether oxygens (including phenoxy) is 1. The summed E-state index contributed by atoms with van der Waals surface area (Å²) >= 11 is 1.59. The Morgan fingerprint density at radius 3 is 2.43 bits per heavy atom. The maximum Gasteiger partial charge on any atom is 0.322 e. The van der Waals surface area contributed by atoms with E-state index in [0.717, 1.165) is 33.7 Å². The van der Waals surface area contributed by atoms with Gasteiger partial charge in [-0.2, -0.15) is 0 Å². The molecule has 186 valence electrons. The normalized spacial score (nSPS) is 10.7. The van der Waals surface area contributed by atoms with E-state index in [0.29, 0.717) is 19.7 Å². The van der Waals surface area contributed by atoms with Crippen LogP contribution in [0.4, 0.5) is 14.9 Å². The Morgan fingerprint density at radius 2 is 1.77 bits per heavy atom. The second-order valence-electron chi connectivity index (χ2n) is 8.26. The van der Waals surface area contributed by atoms with Gasteiger partial charge < -0.3 is 19.9 Å². The molecule has 3 aromatic rings. The van der Waals surface area contributed by atoms with Crippen molar-refractivity contribution in [2.75, 3.05) is 32.1 Å². The lowest BCUT2D eigenvalue weighted by molar-refractivity contribution is -0.133. The van der Waals surface area contributed by atoms with E-state index >= 15 is 0 Å². The quantitative estimate of drug-likeness (QED) is 0.382. The summed E-state index contributed by atoms with van der Waals surface area (Å²) in [6.45, 7) is 5.23. The lowest BCUT2D eigenvalue weighted by Gasteiger charge is -2.28. The van der Waals surface area contributed by atoms with Crippen LogP contribution in [0.15, 0.2) is 60.0 Å². The number of methoxy groups -OCH3 is 1. The molecule has 0 unspecified atom stereocenters. The van der Waals surface area contributed by atoms with Gasteiger partial charge in [-0.1, -0.05) is 37.3 Å². The number of urea groups is 1.